The first-order chi connectivity index (χ1) is 13.2. The number of furan rings is 1. The summed E-state index contributed by atoms with van der Waals surface area (Å²) in [5, 5.41) is 5.93. The fourth-order valence-corrected chi connectivity index (χ4v) is 3.33. The van der Waals surface area contributed by atoms with Gasteiger partial charge >= 0.3 is 5.91 Å². The summed E-state index contributed by atoms with van der Waals surface area (Å²) in [6.45, 7) is 0.468. The van der Waals surface area contributed by atoms with Crippen LogP contribution in [0, 0.1) is 12.3 Å². The van der Waals surface area contributed by atoms with Gasteiger partial charge in [0.25, 0.3) is 0 Å². The van der Waals surface area contributed by atoms with Crippen molar-refractivity contribution in [2.75, 3.05) is 0 Å². The molecule has 27 heavy (non-hydrogen) atoms. The van der Waals surface area contributed by atoms with Crippen LogP contribution in [0.5, 0.6) is 0 Å². The second-order valence-electron chi connectivity index (χ2n) is 5.93. The third kappa shape index (κ3) is 3.37. The highest BCUT2D eigenvalue weighted by Gasteiger charge is 2.12. The van der Waals surface area contributed by atoms with Gasteiger partial charge in [0.2, 0.25) is 0 Å². The first-order valence-electron chi connectivity index (χ1n) is 8.19. The van der Waals surface area contributed by atoms with Crippen LogP contribution in [-0.4, -0.2) is 16.7 Å². The number of hydrogen-bond donors (Lipinski definition) is 1. The van der Waals surface area contributed by atoms with Gasteiger partial charge in [0, 0.05) is 32.5 Å². The van der Waals surface area contributed by atoms with Gasteiger partial charge in [-0.2, -0.15) is 5.10 Å². The van der Waals surface area contributed by atoms with E-state index in [9.17, 15) is 4.79 Å². The van der Waals surface area contributed by atoms with Gasteiger partial charge in [-0.1, -0.05) is 40.0 Å². The van der Waals surface area contributed by atoms with E-state index in [2.05, 4.69) is 32.4 Å². The van der Waals surface area contributed by atoms with Crippen LogP contribution >= 0.6 is 15.9 Å². The van der Waals surface area contributed by atoms with E-state index in [0.717, 1.165) is 26.3 Å². The van der Waals surface area contributed by atoms with E-state index in [1.807, 2.05) is 47.2 Å². The summed E-state index contributed by atoms with van der Waals surface area (Å²) in [7, 11) is 0. The molecule has 0 bridgehead atoms. The third-order valence-electron chi connectivity index (χ3n) is 4.15. The van der Waals surface area contributed by atoms with Gasteiger partial charge in [-0.25, -0.2) is 5.43 Å². The van der Waals surface area contributed by atoms with E-state index in [-0.39, 0.29) is 5.76 Å². The largest absolute Gasteiger partial charge is 0.451 e. The zero-order valence-corrected chi connectivity index (χ0v) is 15.7. The molecule has 0 saturated heterocycles. The Morgan fingerprint density at radius 1 is 1.30 bits per heavy atom. The maximum Gasteiger partial charge on any atom is 0.307 e. The minimum absolute atomic E-state index is 0.204. The summed E-state index contributed by atoms with van der Waals surface area (Å²) in [5.74, 6) is 2.43. The Labute approximate surface area is 163 Å². The van der Waals surface area contributed by atoms with Crippen molar-refractivity contribution < 1.29 is 9.21 Å². The van der Waals surface area contributed by atoms with Crippen LogP contribution in [0.15, 0.2) is 68.7 Å². The van der Waals surface area contributed by atoms with Gasteiger partial charge in [-0.3, -0.25) is 4.79 Å². The van der Waals surface area contributed by atoms with Crippen LogP contribution in [-0.2, 0) is 6.54 Å². The molecule has 132 valence electrons. The van der Waals surface area contributed by atoms with Crippen molar-refractivity contribution in [1.29, 1.82) is 0 Å². The zero-order valence-electron chi connectivity index (χ0n) is 14.1. The van der Waals surface area contributed by atoms with E-state index in [4.69, 9.17) is 10.8 Å². The molecule has 0 saturated carbocycles. The SMILES string of the molecule is C#CCn1cc(/C=N/NC(=O)c2cc3cc(Br)ccc3o2)c2ccccc21. The Morgan fingerprint density at radius 2 is 2.15 bits per heavy atom. The highest BCUT2D eigenvalue weighted by atomic mass is 79.9. The molecule has 0 fully saturated rings. The van der Waals surface area contributed by atoms with E-state index >= 15 is 0 Å². The standard InChI is InChI=1S/C21H14BrN3O2/c1-2-9-25-13-15(17-5-3-4-6-18(17)25)12-23-24-21(26)20-11-14-10-16(22)7-8-19(14)27-20/h1,3-8,10-13H,9H2,(H,24,26)/b23-12+. The molecule has 0 unspecified atom stereocenters. The van der Waals surface area contributed by atoms with Crippen LogP contribution < -0.4 is 5.43 Å². The fourth-order valence-electron chi connectivity index (χ4n) is 2.95. The number of fused-ring (bicyclic) bond motifs is 2. The van der Waals surface area contributed by atoms with Crippen molar-refractivity contribution in [2.45, 2.75) is 6.54 Å². The number of halogens is 1. The van der Waals surface area contributed by atoms with Crippen molar-refractivity contribution in [3.05, 3.63) is 70.5 Å². The molecule has 0 spiro atoms. The molecule has 0 atom stereocenters. The van der Waals surface area contributed by atoms with Crippen molar-refractivity contribution in [3.8, 4) is 12.3 Å². The van der Waals surface area contributed by atoms with Gasteiger partial charge in [0.05, 0.1) is 12.8 Å². The van der Waals surface area contributed by atoms with Crippen LogP contribution in [0.4, 0.5) is 0 Å². The molecule has 2 aromatic carbocycles. The molecule has 4 aromatic rings. The van der Waals surface area contributed by atoms with E-state index < -0.39 is 5.91 Å². The smallest absolute Gasteiger partial charge is 0.307 e. The minimum Gasteiger partial charge on any atom is -0.451 e. The molecule has 1 amide bonds. The Kier molecular flexibility index (Phi) is 4.53. The molecular weight excluding hydrogens is 406 g/mol. The second kappa shape index (κ2) is 7.14. The highest BCUT2D eigenvalue weighted by Crippen LogP contribution is 2.23. The Bertz CT molecular complexity index is 1230. The number of carbonyl (C=O) groups is 1. The molecule has 4 rings (SSSR count). The molecule has 2 heterocycles. The number of amides is 1. The van der Waals surface area contributed by atoms with Crippen LogP contribution in [0.25, 0.3) is 21.9 Å². The topological polar surface area (TPSA) is 59.5 Å². The number of benzene rings is 2. The molecular formula is C21H14BrN3O2. The summed E-state index contributed by atoms with van der Waals surface area (Å²) in [5.41, 5.74) is 5.04. The number of carbonyl (C=O) groups excluding carboxylic acids is 1. The molecule has 2 aromatic heterocycles. The fraction of sp³-hybridized carbons (Fsp3) is 0.0476. The summed E-state index contributed by atoms with van der Waals surface area (Å²) in [6, 6.07) is 15.1. The summed E-state index contributed by atoms with van der Waals surface area (Å²) in [6.07, 6.45) is 8.95. The Balaban J connectivity index is 1.55. The third-order valence-corrected chi connectivity index (χ3v) is 4.65. The molecule has 5 nitrogen and oxygen atoms in total. The maximum atomic E-state index is 12.3. The van der Waals surface area contributed by atoms with Gasteiger partial charge < -0.3 is 8.98 Å². The summed E-state index contributed by atoms with van der Waals surface area (Å²) >= 11 is 3.40. The average Bonchev–Trinajstić information content (AvgIpc) is 3.24. The second-order valence-corrected chi connectivity index (χ2v) is 6.84. The molecule has 0 aliphatic rings. The van der Waals surface area contributed by atoms with Gasteiger partial charge in [0.15, 0.2) is 5.76 Å². The normalized spacial score (nSPS) is 11.3. The number of hydrazone groups is 1. The Morgan fingerprint density at radius 3 is 3.00 bits per heavy atom. The predicted octanol–water partition coefficient (Wildman–Crippen LogP) is 4.55. The zero-order chi connectivity index (χ0) is 18.8. The number of terminal acetylenes is 1. The lowest BCUT2D eigenvalue weighted by atomic mass is 10.2. The van der Waals surface area contributed by atoms with Crippen molar-refractivity contribution in [1.82, 2.24) is 9.99 Å². The van der Waals surface area contributed by atoms with E-state index in [0.29, 0.717) is 12.1 Å². The van der Waals surface area contributed by atoms with Crippen LogP contribution in [0.2, 0.25) is 0 Å². The molecule has 0 radical (unpaired) electrons. The van der Waals surface area contributed by atoms with Crippen LogP contribution in [0.3, 0.4) is 0 Å². The first kappa shape index (κ1) is 17.1. The quantitative estimate of drug-likeness (QED) is 0.299. The van der Waals surface area contributed by atoms with Crippen molar-refractivity contribution in [3.63, 3.8) is 0 Å². The van der Waals surface area contributed by atoms with Gasteiger partial charge in [-0.05, 0) is 30.3 Å². The Hall–Kier alpha value is -3.30. The number of rotatable bonds is 4. The summed E-state index contributed by atoms with van der Waals surface area (Å²) < 4.78 is 8.45. The van der Waals surface area contributed by atoms with E-state index in [1.165, 1.54) is 0 Å². The lowest BCUT2D eigenvalue weighted by molar-refractivity contribution is 0.0929. The van der Waals surface area contributed by atoms with Crippen LogP contribution in [0.1, 0.15) is 16.1 Å². The van der Waals surface area contributed by atoms with Crippen molar-refractivity contribution in [2.24, 2.45) is 5.10 Å². The maximum absolute atomic E-state index is 12.3. The monoisotopic (exact) mass is 419 g/mol. The molecule has 1 N–H and O–H groups in total. The van der Waals surface area contributed by atoms with Gasteiger partial charge in [0.1, 0.15) is 5.58 Å². The van der Waals surface area contributed by atoms with E-state index in [1.54, 1.807) is 18.3 Å². The number of hydrogen-bond acceptors (Lipinski definition) is 3. The predicted molar refractivity (Wildman–Crippen MR) is 110 cm³/mol. The van der Waals surface area contributed by atoms with Gasteiger partial charge in [-0.15, -0.1) is 6.42 Å². The number of aromatic nitrogens is 1. The highest BCUT2D eigenvalue weighted by molar-refractivity contribution is 9.10. The summed E-state index contributed by atoms with van der Waals surface area (Å²) in [4.78, 5) is 12.3. The van der Waals surface area contributed by atoms with Crippen molar-refractivity contribution >= 4 is 49.9 Å². The minimum atomic E-state index is -0.411. The number of nitrogens with one attached hydrogen (secondary N) is 1. The lowest BCUT2D eigenvalue weighted by Crippen LogP contribution is -2.16. The number of nitrogens with zero attached hydrogens (tertiary/aromatic N) is 2. The molecule has 0 aliphatic heterocycles. The lowest BCUT2D eigenvalue weighted by Gasteiger charge is -1.97. The molecule has 6 heteroatoms. The average molecular weight is 420 g/mol. The molecule has 0 aliphatic carbocycles. The first-order valence-corrected chi connectivity index (χ1v) is 8.99. The number of para-hydroxylation sites is 1.